The molecule has 1 unspecified atom stereocenters. The van der Waals surface area contributed by atoms with Gasteiger partial charge in [0.2, 0.25) is 0 Å². The molecule has 1 aromatic carbocycles. The first-order valence-corrected chi connectivity index (χ1v) is 7.02. The van der Waals surface area contributed by atoms with Crippen LogP contribution in [0.15, 0.2) is 28.1 Å². The number of guanidine groups is 1. The molecule has 3 N–H and O–H groups in total. The van der Waals surface area contributed by atoms with Gasteiger partial charge < -0.3 is 0 Å². The summed E-state index contributed by atoms with van der Waals surface area (Å²) in [6.45, 7) is 0.702. The lowest BCUT2D eigenvalue weighted by atomic mass is 10.2. The number of likely N-dealkylation sites (N-methyl/N-ethyl adjacent to an activating group) is 1. The standard InChI is InChI=1S/C12H15N5S/c1-16-11-7-14-6-8-5-9(18-2)3-4-10(8)17(11)12(13)15-16/h3-6,11H,7H2,1-2H3,(H2,13,15)/p+1. The summed E-state index contributed by atoms with van der Waals surface area (Å²) in [6, 6.07) is 6.38. The molecule has 1 aromatic rings. The molecule has 0 aliphatic carbocycles. The van der Waals surface area contributed by atoms with Gasteiger partial charge in [-0.1, -0.05) is 0 Å². The Kier molecular flexibility index (Phi) is 2.76. The highest BCUT2D eigenvalue weighted by Gasteiger charge is 2.36. The minimum Gasteiger partial charge on any atom is -0.289 e. The molecule has 18 heavy (non-hydrogen) atoms. The lowest BCUT2D eigenvalue weighted by Crippen LogP contribution is -2.41. The van der Waals surface area contributed by atoms with Gasteiger partial charge in [0.25, 0.3) is 0 Å². The van der Waals surface area contributed by atoms with E-state index in [-0.39, 0.29) is 6.17 Å². The molecule has 5 nitrogen and oxygen atoms in total. The van der Waals surface area contributed by atoms with Gasteiger partial charge in [-0.2, -0.15) is 5.43 Å². The fourth-order valence-corrected chi connectivity index (χ4v) is 2.81. The van der Waals surface area contributed by atoms with Gasteiger partial charge in [0.05, 0.1) is 6.54 Å². The van der Waals surface area contributed by atoms with E-state index in [4.69, 9.17) is 5.73 Å². The molecule has 0 spiro atoms. The van der Waals surface area contributed by atoms with Crippen molar-refractivity contribution in [3.05, 3.63) is 23.8 Å². The fraction of sp³-hybridized carbons (Fsp3) is 0.333. The number of rotatable bonds is 1. The van der Waals surface area contributed by atoms with E-state index in [1.807, 2.05) is 18.3 Å². The summed E-state index contributed by atoms with van der Waals surface area (Å²) in [5.41, 5.74) is 11.4. The smallest absolute Gasteiger partial charge is 0.289 e. The second-order valence-corrected chi connectivity index (χ2v) is 5.26. The Hall–Kier alpha value is -1.53. The summed E-state index contributed by atoms with van der Waals surface area (Å²) < 4.78 is 2.10. The van der Waals surface area contributed by atoms with Crippen molar-refractivity contribution < 1.29 is 4.58 Å². The molecule has 6 heteroatoms. The molecule has 0 aromatic heterocycles. The Morgan fingerprint density at radius 3 is 3.17 bits per heavy atom. The van der Waals surface area contributed by atoms with Gasteiger partial charge in [-0.25, -0.2) is 4.58 Å². The molecule has 0 fully saturated rings. The maximum Gasteiger partial charge on any atom is 0.367 e. The third-order valence-corrected chi connectivity index (χ3v) is 4.01. The van der Waals surface area contributed by atoms with E-state index in [1.54, 1.807) is 11.8 Å². The van der Waals surface area contributed by atoms with E-state index in [0.29, 0.717) is 12.5 Å². The number of thioether (sulfide) groups is 1. The van der Waals surface area contributed by atoms with Gasteiger partial charge in [0.15, 0.2) is 6.17 Å². The molecule has 0 saturated carbocycles. The second kappa shape index (κ2) is 4.29. The minimum atomic E-state index is 0.141. The molecule has 3 rings (SSSR count). The van der Waals surface area contributed by atoms with E-state index >= 15 is 0 Å². The Morgan fingerprint density at radius 1 is 1.56 bits per heavy atom. The number of hydrazine groups is 1. The fourth-order valence-electron chi connectivity index (χ4n) is 2.36. The summed E-state index contributed by atoms with van der Waals surface area (Å²) in [4.78, 5) is 5.72. The van der Waals surface area contributed by atoms with E-state index in [9.17, 15) is 0 Å². The number of aliphatic imine (C=N–C) groups is 1. The van der Waals surface area contributed by atoms with E-state index in [0.717, 1.165) is 11.3 Å². The van der Waals surface area contributed by atoms with Crippen LogP contribution in [0.3, 0.4) is 0 Å². The van der Waals surface area contributed by atoms with Crippen LogP contribution in [-0.2, 0) is 0 Å². The van der Waals surface area contributed by atoms with Crippen LogP contribution in [0.2, 0.25) is 0 Å². The first-order chi connectivity index (χ1) is 8.70. The Morgan fingerprint density at radius 2 is 2.39 bits per heavy atom. The summed E-state index contributed by atoms with van der Waals surface area (Å²) in [7, 11) is 1.98. The third kappa shape index (κ3) is 1.69. The van der Waals surface area contributed by atoms with Crippen LogP contribution in [-0.4, -0.2) is 47.8 Å². The van der Waals surface area contributed by atoms with Crippen molar-refractivity contribution in [1.29, 1.82) is 0 Å². The molecule has 2 aliphatic rings. The monoisotopic (exact) mass is 262 g/mol. The Balaban J connectivity index is 2.16. The lowest BCUT2D eigenvalue weighted by Gasteiger charge is -2.16. The van der Waals surface area contributed by atoms with Crippen molar-refractivity contribution in [3.63, 3.8) is 0 Å². The molecular formula is C12H16N5S+. The maximum absolute atomic E-state index is 6.06. The number of fused-ring (bicyclic) bond motifs is 3. The van der Waals surface area contributed by atoms with Gasteiger partial charge in [0, 0.05) is 23.7 Å². The Labute approximate surface area is 110 Å². The maximum atomic E-state index is 6.06. The second-order valence-electron chi connectivity index (χ2n) is 4.38. The number of nitrogens with zero attached hydrogens (tertiary/aromatic N) is 3. The van der Waals surface area contributed by atoms with Crippen LogP contribution in [0, 0.1) is 0 Å². The van der Waals surface area contributed by atoms with Gasteiger partial charge in [-0.3, -0.25) is 10.7 Å². The third-order valence-electron chi connectivity index (χ3n) is 3.29. The molecule has 2 heterocycles. The van der Waals surface area contributed by atoms with Crippen LogP contribution >= 0.6 is 11.8 Å². The largest absolute Gasteiger partial charge is 0.367 e. The molecule has 0 amide bonds. The van der Waals surface area contributed by atoms with Crippen molar-refractivity contribution in [2.24, 2.45) is 10.7 Å². The van der Waals surface area contributed by atoms with E-state index < -0.39 is 0 Å². The van der Waals surface area contributed by atoms with Crippen molar-refractivity contribution in [2.45, 2.75) is 11.1 Å². The summed E-state index contributed by atoms with van der Waals surface area (Å²) >= 11 is 1.73. The van der Waals surface area contributed by atoms with Crippen LogP contribution in [0.4, 0.5) is 5.69 Å². The molecule has 0 radical (unpaired) electrons. The SMILES string of the molecule is CSc1ccc2c(c1)C=NCC1N(C)NC(N)=[N+]21. The summed E-state index contributed by atoms with van der Waals surface area (Å²) in [5.74, 6) is 0.658. The summed E-state index contributed by atoms with van der Waals surface area (Å²) in [5, 5.41) is 1.99. The number of nitrogens with two attached hydrogens (primary N) is 1. The molecule has 2 aliphatic heterocycles. The highest BCUT2D eigenvalue weighted by molar-refractivity contribution is 7.98. The first kappa shape index (κ1) is 11.6. The van der Waals surface area contributed by atoms with Crippen molar-refractivity contribution in [3.8, 4) is 0 Å². The van der Waals surface area contributed by atoms with E-state index in [1.165, 1.54) is 4.90 Å². The highest BCUT2D eigenvalue weighted by atomic mass is 32.2. The average molecular weight is 262 g/mol. The van der Waals surface area contributed by atoms with Crippen molar-refractivity contribution in [1.82, 2.24) is 10.4 Å². The van der Waals surface area contributed by atoms with Crippen molar-refractivity contribution >= 4 is 29.6 Å². The lowest BCUT2D eigenvalue weighted by molar-refractivity contribution is -0.495. The van der Waals surface area contributed by atoms with Crippen molar-refractivity contribution in [2.75, 3.05) is 19.8 Å². The molecule has 0 saturated heterocycles. The predicted molar refractivity (Wildman–Crippen MR) is 74.5 cm³/mol. The minimum absolute atomic E-state index is 0.141. The number of hydrogen-bond acceptors (Lipinski definition) is 5. The van der Waals surface area contributed by atoms with Crippen LogP contribution < -0.4 is 11.2 Å². The Bertz CT molecular complexity index is 551. The van der Waals surface area contributed by atoms with Gasteiger partial charge in [-0.05, 0) is 24.5 Å². The molecular weight excluding hydrogens is 246 g/mol. The van der Waals surface area contributed by atoms with Gasteiger partial charge in [0.1, 0.15) is 5.69 Å². The first-order valence-electron chi connectivity index (χ1n) is 5.79. The molecule has 94 valence electrons. The number of nitrogens with one attached hydrogen (secondary N) is 1. The van der Waals surface area contributed by atoms with Gasteiger partial charge >= 0.3 is 5.96 Å². The highest BCUT2D eigenvalue weighted by Crippen LogP contribution is 2.28. The quantitative estimate of drug-likeness (QED) is 0.574. The summed E-state index contributed by atoms with van der Waals surface area (Å²) in [6.07, 6.45) is 4.15. The molecule has 1 atom stereocenters. The average Bonchev–Trinajstić information content (AvgIpc) is 2.56. The topological polar surface area (TPSA) is 56.7 Å². The van der Waals surface area contributed by atoms with Crippen LogP contribution in [0.1, 0.15) is 5.56 Å². The zero-order chi connectivity index (χ0) is 12.7. The van der Waals surface area contributed by atoms with Crippen LogP contribution in [0.5, 0.6) is 0 Å². The van der Waals surface area contributed by atoms with E-state index in [2.05, 4.69) is 39.4 Å². The zero-order valence-electron chi connectivity index (χ0n) is 10.4. The number of hydrogen-bond donors (Lipinski definition) is 2. The molecule has 0 bridgehead atoms. The van der Waals surface area contributed by atoms with Crippen LogP contribution in [0.25, 0.3) is 0 Å². The number of benzene rings is 1. The van der Waals surface area contributed by atoms with Gasteiger partial charge in [-0.15, -0.1) is 16.8 Å². The zero-order valence-corrected chi connectivity index (χ0v) is 11.2. The normalized spacial score (nSPS) is 22.4. The predicted octanol–water partition coefficient (Wildman–Crippen LogP) is 0.576.